The lowest BCUT2D eigenvalue weighted by Gasteiger charge is -2.27. The quantitative estimate of drug-likeness (QED) is 0.803. The Balaban J connectivity index is 1.76. The molecule has 1 aromatic heterocycles. The predicted octanol–water partition coefficient (Wildman–Crippen LogP) is 2.63. The van der Waals surface area contributed by atoms with E-state index in [-0.39, 0.29) is 6.61 Å². The Morgan fingerprint density at radius 3 is 2.71 bits per heavy atom. The molecule has 1 saturated heterocycles. The summed E-state index contributed by atoms with van der Waals surface area (Å²) in [6.45, 7) is 3.15. The standard InChI is InChI=1S/C19H19N3O2/c23-13-15-3-1-2-4-16(15)14-5-6-17-18(11-14)21-19(12-20-17)22-7-9-24-10-8-22/h1-6,11-12,23H,7-10,13H2. The molecule has 0 unspecified atom stereocenters. The fourth-order valence-electron chi connectivity index (χ4n) is 3.05. The van der Waals surface area contributed by atoms with Gasteiger partial charge in [-0.2, -0.15) is 0 Å². The number of fused-ring (bicyclic) bond motifs is 1. The Bertz CT molecular complexity index is 860. The number of aliphatic hydroxyl groups excluding tert-OH is 1. The van der Waals surface area contributed by atoms with Gasteiger partial charge in [-0.3, -0.25) is 4.98 Å². The summed E-state index contributed by atoms with van der Waals surface area (Å²) in [6, 6.07) is 13.9. The molecule has 0 spiro atoms. The Labute approximate surface area is 140 Å². The van der Waals surface area contributed by atoms with Crippen molar-refractivity contribution in [3.8, 4) is 11.1 Å². The van der Waals surface area contributed by atoms with Gasteiger partial charge in [0.05, 0.1) is 37.1 Å². The first-order valence-corrected chi connectivity index (χ1v) is 8.14. The molecule has 5 nitrogen and oxygen atoms in total. The van der Waals surface area contributed by atoms with Crippen molar-refractivity contribution in [1.82, 2.24) is 9.97 Å². The van der Waals surface area contributed by atoms with Gasteiger partial charge in [0.2, 0.25) is 0 Å². The van der Waals surface area contributed by atoms with Crippen LogP contribution in [0.25, 0.3) is 22.2 Å². The van der Waals surface area contributed by atoms with E-state index in [1.165, 1.54) is 0 Å². The molecular formula is C19H19N3O2. The zero-order valence-electron chi connectivity index (χ0n) is 13.4. The Morgan fingerprint density at radius 1 is 1.04 bits per heavy atom. The maximum absolute atomic E-state index is 9.56. The molecule has 3 aromatic rings. The third kappa shape index (κ3) is 2.84. The number of hydrogen-bond donors (Lipinski definition) is 1. The Morgan fingerprint density at radius 2 is 1.88 bits per heavy atom. The van der Waals surface area contributed by atoms with E-state index in [1.54, 1.807) is 0 Å². The topological polar surface area (TPSA) is 58.5 Å². The summed E-state index contributed by atoms with van der Waals surface area (Å²) in [5.41, 5.74) is 4.72. The van der Waals surface area contributed by atoms with E-state index < -0.39 is 0 Å². The van der Waals surface area contributed by atoms with Gasteiger partial charge in [0.15, 0.2) is 0 Å². The van der Waals surface area contributed by atoms with E-state index in [2.05, 4.69) is 9.88 Å². The highest BCUT2D eigenvalue weighted by molar-refractivity contribution is 5.83. The van der Waals surface area contributed by atoms with Gasteiger partial charge < -0.3 is 14.7 Å². The number of aliphatic hydroxyl groups is 1. The molecule has 24 heavy (non-hydrogen) atoms. The van der Waals surface area contributed by atoms with Gasteiger partial charge >= 0.3 is 0 Å². The van der Waals surface area contributed by atoms with Crippen LogP contribution in [-0.2, 0) is 11.3 Å². The van der Waals surface area contributed by atoms with Gasteiger partial charge in [-0.1, -0.05) is 30.3 Å². The zero-order chi connectivity index (χ0) is 16.4. The highest BCUT2D eigenvalue weighted by Gasteiger charge is 2.14. The second kappa shape index (κ2) is 6.55. The molecule has 0 amide bonds. The van der Waals surface area contributed by atoms with Crippen LogP contribution in [0.15, 0.2) is 48.7 Å². The third-order valence-electron chi connectivity index (χ3n) is 4.36. The van der Waals surface area contributed by atoms with Gasteiger partial charge in [0.1, 0.15) is 5.82 Å². The van der Waals surface area contributed by atoms with Crippen LogP contribution in [0.3, 0.4) is 0 Å². The molecule has 122 valence electrons. The molecular weight excluding hydrogens is 302 g/mol. The van der Waals surface area contributed by atoms with E-state index in [1.807, 2.05) is 48.7 Å². The van der Waals surface area contributed by atoms with Crippen LogP contribution < -0.4 is 4.90 Å². The van der Waals surface area contributed by atoms with Crippen LogP contribution in [0.5, 0.6) is 0 Å². The maximum atomic E-state index is 9.56. The lowest BCUT2D eigenvalue weighted by atomic mass is 9.99. The number of nitrogens with zero attached hydrogens (tertiary/aromatic N) is 3. The van der Waals surface area contributed by atoms with Crippen LogP contribution in [0.4, 0.5) is 5.82 Å². The summed E-state index contributed by atoms with van der Waals surface area (Å²) in [4.78, 5) is 11.5. The second-order valence-electron chi connectivity index (χ2n) is 5.85. The van der Waals surface area contributed by atoms with Gasteiger partial charge in [-0.25, -0.2) is 4.98 Å². The number of hydrogen-bond acceptors (Lipinski definition) is 5. The van der Waals surface area contributed by atoms with Crippen LogP contribution in [0, 0.1) is 0 Å². The predicted molar refractivity (Wildman–Crippen MR) is 93.9 cm³/mol. The molecule has 4 rings (SSSR count). The van der Waals surface area contributed by atoms with Crippen molar-refractivity contribution in [2.45, 2.75) is 6.61 Å². The minimum absolute atomic E-state index is 0.0215. The Kier molecular flexibility index (Phi) is 4.11. The summed E-state index contributed by atoms with van der Waals surface area (Å²) in [5.74, 6) is 0.887. The zero-order valence-corrected chi connectivity index (χ0v) is 13.4. The van der Waals surface area contributed by atoms with Gasteiger partial charge in [0, 0.05) is 13.1 Å². The van der Waals surface area contributed by atoms with Gasteiger partial charge in [0.25, 0.3) is 0 Å². The van der Waals surface area contributed by atoms with Crippen molar-refractivity contribution in [3.63, 3.8) is 0 Å². The van der Waals surface area contributed by atoms with Crippen LogP contribution in [0.2, 0.25) is 0 Å². The van der Waals surface area contributed by atoms with Crippen molar-refractivity contribution in [3.05, 3.63) is 54.2 Å². The number of anilines is 1. The van der Waals surface area contributed by atoms with Crippen molar-refractivity contribution >= 4 is 16.9 Å². The van der Waals surface area contributed by atoms with Crippen LogP contribution in [0.1, 0.15) is 5.56 Å². The van der Waals surface area contributed by atoms with Gasteiger partial charge in [-0.05, 0) is 28.8 Å². The minimum Gasteiger partial charge on any atom is -0.392 e. The molecule has 1 aliphatic heterocycles. The van der Waals surface area contributed by atoms with Crippen LogP contribution in [-0.4, -0.2) is 41.4 Å². The first-order valence-electron chi connectivity index (χ1n) is 8.14. The van der Waals surface area contributed by atoms with Crippen molar-refractivity contribution in [2.75, 3.05) is 31.2 Å². The SMILES string of the molecule is OCc1ccccc1-c1ccc2ncc(N3CCOCC3)nc2c1. The summed E-state index contributed by atoms with van der Waals surface area (Å²) >= 11 is 0. The molecule has 1 fully saturated rings. The van der Waals surface area contributed by atoms with E-state index in [0.717, 1.165) is 59.8 Å². The monoisotopic (exact) mass is 321 g/mol. The maximum Gasteiger partial charge on any atom is 0.148 e. The lowest BCUT2D eigenvalue weighted by molar-refractivity contribution is 0.122. The second-order valence-corrected chi connectivity index (χ2v) is 5.85. The van der Waals surface area contributed by atoms with Crippen LogP contribution >= 0.6 is 0 Å². The van der Waals surface area contributed by atoms with Crippen molar-refractivity contribution < 1.29 is 9.84 Å². The van der Waals surface area contributed by atoms with E-state index >= 15 is 0 Å². The Hall–Kier alpha value is -2.50. The number of aromatic nitrogens is 2. The fraction of sp³-hybridized carbons (Fsp3) is 0.263. The number of ether oxygens (including phenoxy) is 1. The first kappa shape index (κ1) is 15.1. The summed E-state index contributed by atoms with van der Waals surface area (Å²) in [7, 11) is 0. The fourth-order valence-corrected chi connectivity index (χ4v) is 3.05. The number of benzene rings is 2. The largest absolute Gasteiger partial charge is 0.392 e. The number of rotatable bonds is 3. The molecule has 0 atom stereocenters. The average Bonchev–Trinajstić information content (AvgIpc) is 2.67. The van der Waals surface area contributed by atoms with Crippen molar-refractivity contribution in [2.24, 2.45) is 0 Å². The first-order chi connectivity index (χ1) is 11.8. The number of morpholine rings is 1. The summed E-state index contributed by atoms with van der Waals surface area (Å²) in [6.07, 6.45) is 1.83. The molecule has 1 aliphatic rings. The summed E-state index contributed by atoms with van der Waals surface area (Å²) < 4.78 is 5.40. The molecule has 2 aromatic carbocycles. The lowest BCUT2D eigenvalue weighted by Crippen LogP contribution is -2.36. The molecule has 0 saturated carbocycles. The normalized spacial score (nSPS) is 15.0. The highest BCUT2D eigenvalue weighted by atomic mass is 16.5. The van der Waals surface area contributed by atoms with E-state index in [0.29, 0.717) is 0 Å². The molecule has 1 N–H and O–H groups in total. The molecule has 2 heterocycles. The van der Waals surface area contributed by atoms with E-state index in [4.69, 9.17) is 9.72 Å². The molecule has 5 heteroatoms. The molecule has 0 bridgehead atoms. The van der Waals surface area contributed by atoms with Crippen molar-refractivity contribution in [1.29, 1.82) is 0 Å². The highest BCUT2D eigenvalue weighted by Crippen LogP contribution is 2.27. The van der Waals surface area contributed by atoms with E-state index in [9.17, 15) is 5.11 Å². The van der Waals surface area contributed by atoms with Gasteiger partial charge in [-0.15, -0.1) is 0 Å². The summed E-state index contributed by atoms with van der Waals surface area (Å²) in [5, 5.41) is 9.56. The average molecular weight is 321 g/mol. The smallest absolute Gasteiger partial charge is 0.148 e. The third-order valence-corrected chi connectivity index (χ3v) is 4.36. The molecule has 0 radical (unpaired) electrons. The molecule has 0 aliphatic carbocycles. The minimum atomic E-state index is 0.0215.